The summed E-state index contributed by atoms with van der Waals surface area (Å²) in [6.07, 6.45) is -9.53. The molecule has 2 heterocycles. The first kappa shape index (κ1) is 36.6. The van der Waals surface area contributed by atoms with Crippen LogP contribution in [0.2, 0.25) is 0 Å². The van der Waals surface area contributed by atoms with Crippen molar-refractivity contribution >= 4 is 11.8 Å². The van der Waals surface area contributed by atoms with Gasteiger partial charge in [-0.3, -0.25) is 0 Å². The molecule has 0 unspecified atom stereocenters. The Labute approximate surface area is 296 Å². The predicted molar refractivity (Wildman–Crippen MR) is 186 cm³/mol. The zero-order valence-electron chi connectivity index (χ0n) is 27.5. The highest BCUT2D eigenvalue weighted by atomic mass is 32.2. The van der Waals surface area contributed by atoms with Gasteiger partial charge in [0.2, 0.25) is 0 Å². The lowest BCUT2D eigenvalue weighted by molar-refractivity contribution is -0.268. The Kier molecular flexibility index (Phi) is 13.4. The first-order valence-corrected chi connectivity index (χ1v) is 17.6. The molecule has 4 N–H and O–H groups in total. The largest absolute Gasteiger partial charge is 0.394 e. The Hall–Kier alpha value is -3.17. The molecule has 2 aliphatic heterocycles. The molecule has 266 valence electrons. The molecule has 0 aliphatic carbocycles. The van der Waals surface area contributed by atoms with E-state index in [1.54, 1.807) is 0 Å². The Morgan fingerprint density at radius 2 is 1.06 bits per heavy atom. The topological polar surface area (TPSA) is 136 Å². The maximum atomic E-state index is 10.7. The number of benzene rings is 4. The van der Waals surface area contributed by atoms with Crippen LogP contribution in [0.1, 0.15) is 16.7 Å². The molecule has 0 bridgehead atoms. The lowest BCUT2D eigenvalue weighted by Gasteiger charge is -2.46. The molecule has 0 aromatic heterocycles. The van der Waals surface area contributed by atoms with Gasteiger partial charge in [-0.05, 0) is 28.8 Å². The Balaban J connectivity index is 1.31. The number of aliphatic hydroxyl groups is 4. The third-order valence-corrected chi connectivity index (χ3v) is 9.85. The normalized spacial score (nSPS) is 28.8. The van der Waals surface area contributed by atoms with Crippen molar-refractivity contribution in [1.29, 1.82) is 0 Å². The van der Waals surface area contributed by atoms with Crippen molar-refractivity contribution in [3.63, 3.8) is 0 Å². The van der Waals surface area contributed by atoms with Gasteiger partial charge >= 0.3 is 0 Å². The number of hydrogen-bond acceptors (Lipinski definition) is 11. The average Bonchev–Trinajstić information content (AvgIpc) is 3.45. The second kappa shape index (κ2) is 18.4. The van der Waals surface area contributed by atoms with E-state index in [9.17, 15) is 20.4 Å². The highest BCUT2D eigenvalue weighted by molar-refractivity contribution is 7.99. The zero-order chi connectivity index (χ0) is 34.7. The van der Waals surface area contributed by atoms with Crippen molar-refractivity contribution in [2.24, 2.45) is 0 Å². The molecule has 11 heteroatoms. The number of hydrogen-bond donors (Lipinski definition) is 4. The van der Waals surface area contributed by atoms with Gasteiger partial charge in [0.15, 0.2) is 6.29 Å². The molecule has 2 fully saturated rings. The van der Waals surface area contributed by atoms with Crippen LogP contribution in [0.3, 0.4) is 0 Å². The summed E-state index contributed by atoms with van der Waals surface area (Å²) in [5.41, 5.74) is 2.36. The molecule has 0 radical (unpaired) electrons. The third-order valence-electron chi connectivity index (χ3n) is 8.69. The van der Waals surface area contributed by atoms with Crippen molar-refractivity contribution < 1.29 is 48.8 Å². The van der Waals surface area contributed by atoms with Gasteiger partial charge in [-0.1, -0.05) is 121 Å². The standard InChI is InChI=1S/C39H44O10S/c40-21-30(41)34-32(42)33(43)38(49-34)47-25-31-35(44-22-26-13-5-1-6-14-26)36(45-23-27-15-7-2-8-16-27)37(46-24-28-17-9-3-10-18-28)39(48-31)50-29-19-11-4-12-20-29/h1-20,30-43H,21-25H2/t30-,31-,32-,33-,34+,35-,36+,37+,38-,39-/m1/s1. The van der Waals surface area contributed by atoms with Gasteiger partial charge < -0.3 is 48.8 Å². The molecule has 0 saturated carbocycles. The van der Waals surface area contributed by atoms with Crippen molar-refractivity contribution in [1.82, 2.24) is 0 Å². The summed E-state index contributed by atoms with van der Waals surface area (Å²) >= 11 is 1.50. The van der Waals surface area contributed by atoms with Gasteiger partial charge in [0.05, 0.1) is 33.0 Å². The van der Waals surface area contributed by atoms with Crippen LogP contribution < -0.4 is 0 Å². The fourth-order valence-electron chi connectivity index (χ4n) is 6.03. The Morgan fingerprint density at radius 3 is 1.58 bits per heavy atom. The van der Waals surface area contributed by atoms with Gasteiger partial charge in [0.1, 0.15) is 54.3 Å². The molecule has 10 nitrogen and oxygen atoms in total. The van der Waals surface area contributed by atoms with Gasteiger partial charge in [-0.25, -0.2) is 0 Å². The molecule has 2 saturated heterocycles. The van der Waals surface area contributed by atoms with Crippen LogP contribution in [0.25, 0.3) is 0 Å². The molecule has 6 rings (SSSR count). The lowest BCUT2D eigenvalue weighted by atomic mass is 9.98. The van der Waals surface area contributed by atoms with Crippen molar-refractivity contribution in [3.8, 4) is 0 Å². The van der Waals surface area contributed by atoms with E-state index in [1.165, 1.54) is 11.8 Å². The minimum Gasteiger partial charge on any atom is -0.394 e. The van der Waals surface area contributed by atoms with E-state index in [1.807, 2.05) is 121 Å². The quantitative estimate of drug-likeness (QED) is 0.134. The van der Waals surface area contributed by atoms with Crippen LogP contribution in [-0.2, 0) is 48.2 Å². The predicted octanol–water partition coefficient (Wildman–Crippen LogP) is 4.08. The molecule has 4 aromatic carbocycles. The average molecular weight is 705 g/mol. The summed E-state index contributed by atoms with van der Waals surface area (Å²) in [5, 5.41) is 40.8. The van der Waals surface area contributed by atoms with Crippen LogP contribution >= 0.6 is 11.8 Å². The van der Waals surface area contributed by atoms with Gasteiger partial charge in [0, 0.05) is 4.90 Å². The minimum absolute atomic E-state index is 0.113. The Morgan fingerprint density at radius 1 is 0.580 bits per heavy atom. The van der Waals surface area contributed by atoms with Crippen molar-refractivity contribution in [3.05, 3.63) is 138 Å². The second-order valence-corrected chi connectivity index (χ2v) is 13.5. The van der Waals surface area contributed by atoms with E-state index in [4.69, 9.17) is 28.4 Å². The van der Waals surface area contributed by atoms with E-state index in [-0.39, 0.29) is 19.8 Å². The van der Waals surface area contributed by atoms with Crippen molar-refractivity contribution in [2.45, 2.75) is 85.3 Å². The summed E-state index contributed by atoms with van der Waals surface area (Å²) in [6.45, 7) is 0.0942. The van der Waals surface area contributed by atoms with Crippen LogP contribution in [0, 0.1) is 0 Å². The molecule has 50 heavy (non-hydrogen) atoms. The first-order valence-electron chi connectivity index (χ1n) is 16.8. The van der Waals surface area contributed by atoms with Crippen LogP contribution in [0.5, 0.6) is 0 Å². The highest BCUT2D eigenvalue weighted by Crippen LogP contribution is 2.39. The van der Waals surface area contributed by atoms with Crippen LogP contribution in [-0.4, -0.2) is 94.2 Å². The maximum absolute atomic E-state index is 10.7. The van der Waals surface area contributed by atoms with Gasteiger partial charge in [0.25, 0.3) is 0 Å². The van der Waals surface area contributed by atoms with E-state index >= 15 is 0 Å². The number of ether oxygens (including phenoxy) is 6. The zero-order valence-corrected chi connectivity index (χ0v) is 28.3. The molecule has 0 spiro atoms. The number of aliphatic hydroxyl groups excluding tert-OH is 4. The fraction of sp³-hybridized carbons (Fsp3) is 0.385. The first-order chi connectivity index (χ1) is 24.5. The summed E-state index contributed by atoms with van der Waals surface area (Å²) in [4.78, 5) is 0.967. The van der Waals surface area contributed by atoms with Crippen molar-refractivity contribution in [2.75, 3.05) is 13.2 Å². The molecule has 10 atom stereocenters. The van der Waals surface area contributed by atoms with Gasteiger partial charge in [-0.15, -0.1) is 0 Å². The third kappa shape index (κ3) is 9.58. The summed E-state index contributed by atoms with van der Waals surface area (Å²) in [5.74, 6) is 0. The fourth-order valence-corrected chi connectivity index (χ4v) is 7.18. The lowest BCUT2D eigenvalue weighted by Crippen LogP contribution is -2.60. The van der Waals surface area contributed by atoms with E-state index < -0.39 is 67.2 Å². The highest BCUT2D eigenvalue weighted by Gasteiger charge is 2.51. The second-order valence-electron chi connectivity index (χ2n) is 12.3. The maximum Gasteiger partial charge on any atom is 0.186 e. The van der Waals surface area contributed by atoms with Crippen LogP contribution in [0.4, 0.5) is 0 Å². The van der Waals surface area contributed by atoms with E-state index in [0.717, 1.165) is 21.6 Å². The molecule has 0 amide bonds. The van der Waals surface area contributed by atoms with E-state index in [0.29, 0.717) is 6.61 Å². The molecular formula is C39H44O10S. The van der Waals surface area contributed by atoms with E-state index in [2.05, 4.69) is 0 Å². The van der Waals surface area contributed by atoms with Gasteiger partial charge in [-0.2, -0.15) is 0 Å². The number of thioether (sulfide) groups is 1. The summed E-state index contributed by atoms with van der Waals surface area (Å²) < 4.78 is 38.7. The van der Waals surface area contributed by atoms with Crippen LogP contribution in [0.15, 0.2) is 126 Å². The SMILES string of the molecule is OC[C@@H](O)[C@@H]1O[C@@H](OC[C@H]2O[C@H](Sc3ccccc3)[C@@H](OCc3ccccc3)[C@@H](OCc3ccccc3)[C@@H]2OCc2ccccc2)[C@H](O)[C@H]1O. The molecule has 4 aromatic rings. The summed E-state index contributed by atoms with van der Waals surface area (Å²) in [7, 11) is 0. The number of rotatable bonds is 16. The molecular weight excluding hydrogens is 660 g/mol. The smallest absolute Gasteiger partial charge is 0.186 e. The minimum atomic E-state index is -1.46. The summed E-state index contributed by atoms with van der Waals surface area (Å²) in [6, 6.07) is 39.4. The monoisotopic (exact) mass is 704 g/mol. The molecule has 2 aliphatic rings. The Bertz CT molecular complexity index is 1540.